The fourth-order valence-corrected chi connectivity index (χ4v) is 4.01. The minimum absolute atomic E-state index is 0.0111. The number of amides is 2. The van der Waals surface area contributed by atoms with Crippen molar-refractivity contribution in [3.63, 3.8) is 0 Å². The molecule has 0 bridgehead atoms. The van der Waals surface area contributed by atoms with Crippen molar-refractivity contribution >= 4 is 22.7 Å². The molecule has 0 spiro atoms. The second-order valence-corrected chi connectivity index (χ2v) is 7.99. The van der Waals surface area contributed by atoms with E-state index in [0.717, 1.165) is 53.4 Å². The molecule has 3 aromatic rings. The average Bonchev–Trinajstić information content (AvgIpc) is 3.31. The third-order valence-electron chi connectivity index (χ3n) is 5.42. The van der Waals surface area contributed by atoms with Crippen molar-refractivity contribution in [2.45, 2.75) is 58.0 Å². The molecule has 7 nitrogen and oxygen atoms in total. The summed E-state index contributed by atoms with van der Waals surface area (Å²) in [6, 6.07) is 7.26. The maximum absolute atomic E-state index is 13.0. The molecule has 0 fully saturated rings. The molecule has 152 valence electrons. The molecule has 4 N–H and O–H groups in total. The van der Waals surface area contributed by atoms with Gasteiger partial charge in [-0.2, -0.15) is 5.10 Å². The molecule has 0 radical (unpaired) electrons. The summed E-state index contributed by atoms with van der Waals surface area (Å²) < 4.78 is 0. The Hall–Kier alpha value is -3.09. The molecule has 2 amide bonds. The van der Waals surface area contributed by atoms with Gasteiger partial charge in [0.1, 0.15) is 6.04 Å². The number of aryl methyl sites for hydroxylation is 1. The Morgan fingerprint density at radius 1 is 1.14 bits per heavy atom. The van der Waals surface area contributed by atoms with Crippen LogP contribution in [0.5, 0.6) is 0 Å². The van der Waals surface area contributed by atoms with E-state index in [1.165, 1.54) is 0 Å². The van der Waals surface area contributed by atoms with Gasteiger partial charge in [-0.1, -0.05) is 18.2 Å². The highest BCUT2D eigenvalue weighted by Crippen LogP contribution is 2.23. The van der Waals surface area contributed by atoms with Gasteiger partial charge in [-0.15, -0.1) is 0 Å². The van der Waals surface area contributed by atoms with Crippen LogP contribution < -0.4 is 10.6 Å². The van der Waals surface area contributed by atoms with Crippen molar-refractivity contribution in [2.24, 2.45) is 0 Å². The summed E-state index contributed by atoms with van der Waals surface area (Å²) in [6.45, 7) is 3.82. The molecule has 0 aliphatic heterocycles. The number of carbonyl (C=O) groups is 2. The molecule has 2 heterocycles. The minimum atomic E-state index is -0.681. The number of para-hydroxylation sites is 1. The summed E-state index contributed by atoms with van der Waals surface area (Å²) in [5.41, 5.74) is 4.46. The third kappa shape index (κ3) is 4.04. The van der Waals surface area contributed by atoms with E-state index in [2.05, 4.69) is 25.8 Å². The number of fused-ring (bicyclic) bond motifs is 2. The molecule has 29 heavy (non-hydrogen) atoms. The SMILES string of the molecule is CC(C)NC(=O)C(Cc1c[nH]c2ccccc12)NC(=O)c1n[nH]c2c1CCCC2. The molecule has 1 aliphatic rings. The normalized spacial score (nSPS) is 14.6. The van der Waals surface area contributed by atoms with Gasteiger partial charge in [0, 0.05) is 40.8 Å². The van der Waals surface area contributed by atoms with E-state index in [9.17, 15) is 9.59 Å². The van der Waals surface area contributed by atoms with Crippen molar-refractivity contribution in [3.8, 4) is 0 Å². The van der Waals surface area contributed by atoms with Crippen LogP contribution in [0.2, 0.25) is 0 Å². The fraction of sp³-hybridized carbons (Fsp3) is 0.409. The van der Waals surface area contributed by atoms with Crippen LogP contribution in [0.4, 0.5) is 0 Å². The first-order valence-corrected chi connectivity index (χ1v) is 10.2. The number of benzene rings is 1. The Kier molecular flexibility index (Phi) is 5.38. The maximum atomic E-state index is 13.0. The van der Waals surface area contributed by atoms with E-state index < -0.39 is 6.04 Å². The van der Waals surface area contributed by atoms with Crippen molar-refractivity contribution < 1.29 is 9.59 Å². The van der Waals surface area contributed by atoms with E-state index in [4.69, 9.17) is 0 Å². The zero-order chi connectivity index (χ0) is 20.4. The predicted octanol–water partition coefficient (Wildman–Crippen LogP) is 2.64. The number of rotatable bonds is 6. The topological polar surface area (TPSA) is 103 Å². The monoisotopic (exact) mass is 393 g/mol. The number of carbonyl (C=O) groups excluding carboxylic acids is 2. The summed E-state index contributed by atoms with van der Waals surface area (Å²) in [6.07, 6.45) is 6.24. The zero-order valence-electron chi connectivity index (χ0n) is 16.8. The molecule has 1 aliphatic carbocycles. The quantitative estimate of drug-likeness (QED) is 0.518. The van der Waals surface area contributed by atoms with E-state index in [-0.39, 0.29) is 17.9 Å². The Labute approximate surface area is 169 Å². The Morgan fingerprint density at radius 2 is 1.93 bits per heavy atom. The first-order valence-electron chi connectivity index (χ1n) is 10.2. The molecule has 1 atom stereocenters. The Balaban J connectivity index is 1.58. The average molecular weight is 393 g/mol. The van der Waals surface area contributed by atoms with Gasteiger partial charge in [-0.25, -0.2) is 0 Å². The Morgan fingerprint density at radius 3 is 2.76 bits per heavy atom. The summed E-state index contributed by atoms with van der Waals surface area (Å²) in [5.74, 6) is -0.490. The number of aromatic nitrogens is 3. The summed E-state index contributed by atoms with van der Waals surface area (Å²) >= 11 is 0. The Bertz CT molecular complexity index is 1030. The largest absolute Gasteiger partial charge is 0.361 e. The number of hydrogen-bond acceptors (Lipinski definition) is 3. The molecule has 0 saturated carbocycles. The molecular formula is C22H27N5O2. The lowest BCUT2D eigenvalue weighted by molar-refractivity contribution is -0.123. The number of hydrogen-bond donors (Lipinski definition) is 4. The number of nitrogens with one attached hydrogen (secondary N) is 4. The van der Waals surface area contributed by atoms with Crippen LogP contribution in [-0.2, 0) is 24.1 Å². The fourth-order valence-electron chi connectivity index (χ4n) is 4.01. The summed E-state index contributed by atoms with van der Waals surface area (Å²) in [4.78, 5) is 29.1. The molecule has 7 heteroatoms. The van der Waals surface area contributed by atoms with Gasteiger partial charge in [0.2, 0.25) is 5.91 Å². The third-order valence-corrected chi connectivity index (χ3v) is 5.42. The lowest BCUT2D eigenvalue weighted by atomic mass is 9.95. The van der Waals surface area contributed by atoms with Gasteiger partial charge in [-0.05, 0) is 51.2 Å². The standard InChI is InChI=1S/C22H27N5O2/c1-13(2)24-21(28)19(11-14-12-23-17-9-5-3-7-15(14)17)25-22(29)20-16-8-4-6-10-18(16)26-27-20/h3,5,7,9,12-13,19,23H,4,6,8,10-11H2,1-2H3,(H,24,28)(H,25,29)(H,26,27). The van der Waals surface area contributed by atoms with E-state index in [0.29, 0.717) is 12.1 Å². The van der Waals surface area contributed by atoms with Gasteiger partial charge < -0.3 is 15.6 Å². The molecule has 1 unspecified atom stereocenters. The summed E-state index contributed by atoms with van der Waals surface area (Å²) in [5, 5.41) is 14.1. The van der Waals surface area contributed by atoms with Crippen LogP contribution in [0, 0.1) is 0 Å². The highest BCUT2D eigenvalue weighted by atomic mass is 16.2. The van der Waals surface area contributed by atoms with Gasteiger partial charge in [0.25, 0.3) is 5.91 Å². The number of H-pyrrole nitrogens is 2. The molecule has 4 rings (SSSR count). The zero-order valence-corrected chi connectivity index (χ0v) is 16.8. The molecule has 0 saturated heterocycles. The lowest BCUT2D eigenvalue weighted by Crippen LogP contribution is -2.49. The van der Waals surface area contributed by atoms with E-state index in [1.807, 2.05) is 44.3 Å². The van der Waals surface area contributed by atoms with Crippen LogP contribution in [-0.4, -0.2) is 39.1 Å². The number of nitrogens with zero attached hydrogens (tertiary/aromatic N) is 1. The van der Waals surface area contributed by atoms with Crippen LogP contribution in [0.15, 0.2) is 30.5 Å². The summed E-state index contributed by atoms with van der Waals surface area (Å²) in [7, 11) is 0. The highest BCUT2D eigenvalue weighted by molar-refractivity contribution is 5.97. The molecule has 1 aromatic carbocycles. The van der Waals surface area contributed by atoms with Crippen LogP contribution in [0.25, 0.3) is 10.9 Å². The smallest absolute Gasteiger partial charge is 0.272 e. The maximum Gasteiger partial charge on any atom is 0.272 e. The molecular weight excluding hydrogens is 366 g/mol. The number of aromatic amines is 2. The van der Waals surface area contributed by atoms with E-state index in [1.54, 1.807) is 0 Å². The van der Waals surface area contributed by atoms with Gasteiger partial charge in [-0.3, -0.25) is 14.7 Å². The first kappa shape index (κ1) is 19.2. The lowest BCUT2D eigenvalue weighted by Gasteiger charge is -2.20. The van der Waals surface area contributed by atoms with Crippen LogP contribution in [0.3, 0.4) is 0 Å². The second-order valence-electron chi connectivity index (χ2n) is 7.99. The van der Waals surface area contributed by atoms with Crippen molar-refractivity contribution in [1.82, 2.24) is 25.8 Å². The first-order chi connectivity index (χ1) is 14.0. The van der Waals surface area contributed by atoms with Crippen molar-refractivity contribution in [3.05, 3.63) is 53.0 Å². The predicted molar refractivity (Wildman–Crippen MR) is 112 cm³/mol. The highest BCUT2D eigenvalue weighted by Gasteiger charge is 2.27. The van der Waals surface area contributed by atoms with Crippen LogP contribution >= 0.6 is 0 Å². The van der Waals surface area contributed by atoms with Gasteiger partial charge in [0.05, 0.1) is 0 Å². The van der Waals surface area contributed by atoms with E-state index >= 15 is 0 Å². The van der Waals surface area contributed by atoms with Crippen molar-refractivity contribution in [1.29, 1.82) is 0 Å². The van der Waals surface area contributed by atoms with Crippen molar-refractivity contribution in [2.75, 3.05) is 0 Å². The van der Waals surface area contributed by atoms with Gasteiger partial charge in [0.15, 0.2) is 5.69 Å². The van der Waals surface area contributed by atoms with Crippen LogP contribution in [0.1, 0.15) is 54.0 Å². The van der Waals surface area contributed by atoms with Gasteiger partial charge >= 0.3 is 0 Å². The second kappa shape index (κ2) is 8.11. The molecule has 2 aromatic heterocycles. The minimum Gasteiger partial charge on any atom is -0.361 e.